The molecule has 7 heteroatoms. The Kier molecular flexibility index (Phi) is 12.3. The maximum absolute atomic E-state index is 12.2. The molecule has 0 fully saturated rings. The largest absolute Gasteiger partial charge is 0.415 e. The van der Waals surface area contributed by atoms with Crippen molar-refractivity contribution in [1.29, 1.82) is 0 Å². The number of amides is 1. The number of hydrogen-bond donors (Lipinski definition) is 2. The third kappa shape index (κ3) is 7.91. The molecule has 0 aromatic heterocycles. The average Bonchev–Trinajstić information content (AvgIpc) is 2.55. The number of benzene rings is 1. The normalized spacial score (nSPS) is 13.0. The molecule has 1 amide bonds. The van der Waals surface area contributed by atoms with E-state index in [0.29, 0.717) is 17.6 Å². The lowest BCUT2D eigenvalue weighted by molar-refractivity contribution is 0.125. The van der Waals surface area contributed by atoms with Gasteiger partial charge in [-0.05, 0) is 50.0 Å². The third-order valence-electron chi connectivity index (χ3n) is 4.27. The Morgan fingerprint density at radius 3 is 2.31 bits per heavy atom. The summed E-state index contributed by atoms with van der Waals surface area (Å²) < 4.78 is 5.43. The molecule has 0 radical (unpaired) electrons. The Morgan fingerprint density at radius 2 is 1.81 bits per heavy atom. The number of carbonyl (C=O) groups excluding carboxylic acids is 1. The quantitative estimate of drug-likeness (QED) is 0.644. The average molecular weight is 389 g/mol. The van der Waals surface area contributed by atoms with Gasteiger partial charge in [-0.1, -0.05) is 26.0 Å². The van der Waals surface area contributed by atoms with E-state index in [1.54, 1.807) is 6.07 Å². The van der Waals surface area contributed by atoms with E-state index < -0.39 is 6.09 Å². The highest BCUT2D eigenvalue weighted by atomic mass is 35.5. The van der Waals surface area contributed by atoms with Crippen LogP contribution in [0.5, 0.6) is 5.75 Å². The molecule has 0 bridgehead atoms. The van der Waals surface area contributed by atoms with E-state index in [2.05, 4.69) is 38.9 Å². The Balaban J connectivity index is 0.00000625. The van der Waals surface area contributed by atoms with E-state index in [1.165, 1.54) is 4.90 Å². The maximum atomic E-state index is 12.2. The van der Waals surface area contributed by atoms with Crippen LogP contribution in [0.25, 0.3) is 0 Å². The zero-order valence-electron chi connectivity index (χ0n) is 16.2. The molecule has 0 aliphatic heterocycles. The van der Waals surface area contributed by atoms with Crippen LogP contribution in [0, 0.1) is 5.92 Å². The monoisotopic (exact) mass is 388 g/mol. The summed E-state index contributed by atoms with van der Waals surface area (Å²) in [5.41, 5.74) is 1.15. The van der Waals surface area contributed by atoms with E-state index in [-0.39, 0.29) is 38.7 Å². The van der Waals surface area contributed by atoms with Crippen LogP contribution in [0.3, 0.4) is 0 Å². The molecule has 6 nitrogen and oxygen atoms in total. The second kappa shape index (κ2) is 12.9. The summed E-state index contributed by atoms with van der Waals surface area (Å²) >= 11 is 0. The van der Waals surface area contributed by atoms with Gasteiger partial charge in [-0.25, -0.2) is 4.79 Å². The molecular formula is C19H33ClN2O4. The van der Waals surface area contributed by atoms with Crippen molar-refractivity contribution in [3.63, 3.8) is 0 Å². The first-order valence-corrected chi connectivity index (χ1v) is 8.86. The van der Waals surface area contributed by atoms with Crippen molar-refractivity contribution < 1.29 is 19.7 Å². The standard InChI is InChI=1S/C19H32N2O4.ClH/c1-5-18(15(2)14-20(3)4)16-7-6-8-17(13-16)25-19(24)21(9-11-22)10-12-23;/h6-8,13,15,18,22-23H,5,9-12,14H2,1-4H3;1H/t15-,18+;/m0./s1. The van der Waals surface area contributed by atoms with Crippen LogP contribution in [0.1, 0.15) is 31.7 Å². The van der Waals surface area contributed by atoms with Gasteiger partial charge >= 0.3 is 6.09 Å². The summed E-state index contributed by atoms with van der Waals surface area (Å²) in [5, 5.41) is 18.1. The Bertz CT molecular complexity index is 522. The number of hydrogen-bond acceptors (Lipinski definition) is 5. The van der Waals surface area contributed by atoms with E-state index in [4.69, 9.17) is 14.9 Å². The molecule has 0 heterocycles. The number of ether oxygens (including phenoxy) is 1. The number of aliphatic hydroxyl groups is 2. The first kappa shape index (κ1) is 24.7. The summed E-state index contributed by atoms with van der Waals surface area (Å²) in [6.07, 6.45) is 0.447. The lowest BCUT2D eigenvalue weighted by Gasteiger charge is -2.26. The summed E-state index contributed by atoms with van der Waals surface area (Å²) in [6.45, 7) is 5.32. The smallest absolute Gasteiger partial charge is 0.410 e. The summed E-state index contributed by atoms with van der Waals surface area (Å²) in [5.74, 6) is 1.34. The molecule has 2 atom stereocenters. The lowest BCUT2D eigenvalue weighted by Crippen LogP contribution is -2.37. The van der Waals surface area contributed by atoms with Crippen molar-refractivity contribution >= 4 is 18.5 Å². The van der Waals surface area contributed by atoms with Crippen molar-refractivity contribution in [3.05, 3.63) is 29.8 Å². The minimum atomic E-state index is -0.561. The van der Waals surface area contributed by atoms with E-state index in [1.807, 2.05) is 12.1 Å². The molecule has 1 aromatic rings. The zero-order valence-corrected chi connectivity index (χ0v) is 17.0. The maximum Gasteiger partial charge on any atom is 0.415 e. The molecule has 26 heavy (non-hydrogen) atoms. The fraction of sp³-hybridized carbons (Fsp3) is 0.632. The van der Waals surface area contributed by atoms with E-state index >= 15 is 0 Å². The lowest BCUT2D eigenvalue weighted by atomic mass is 9.85. The number of rotatable bonds is 10. The highest BCUT2D eigenvalue weighted by Crippen LogP contribution is 2.30. The van der Waals surface area contributed by atoms with Gasteiger partial charge in [0, 0.05) is 19.6 Å². The van der Waals surface area contributed by atoms with Crippen LogP contribution in [0.15, 0.2) is 24.3 Å². The molecular weight excluding hydrogens is 356 g/mol. The van der Waals surface area contributed by atoms with Gasteiger partial charge in [0.1, 0.15) is 5.75 Å². The molecule has 150 valence electrons. The molecule has 1 aromatic carbocycles. The molecule has 0 aliphatic carbocycles. The predicted molar refractivity (Wildman–Crippen MR) is 106 cm³/mol. The van der Waals surface area contributed by atoms with Crippen molar-refractivity contribution in [1.82, 2.24) is 9.80 Å². The second-order valence-electron chi connectivity index (χ2n) is 6.63. The molecule has 0 spiro atoms. The zero-order chi connectivity index (χ0) is 18.8. The van der Waals surface area contributed by atoms with Gasteiger partial charge in [-0.15, -0.1) is 12.4 Å². The summed E-state index contributed by atoms with van der Waals surface area (Å²) in [7, 11) is 4.14. The fourth-order valence-electron chi connectivity index (χ4n) is 3.18. The van der Waals surface area contributed by atoms with Crippen molar-refractivity contribution in [2.24, 2.45) is 5.92 Å². The predicted octanol–water partition coefficient (Wildman–Crippen LogP) is 2.59. The van der Waals surface area contributed by atoms with Gasteiger partial charge in [0.05, 0.1) is 13.2 Å². The Morgan fingerprint density at radius 1 is 1.19 bits per heavy atom. The van der Waals surface area contributed by atoms with Gasteiger partial charge in [0.2, 0.25) is 0 Å². The fourth-order valence-corrected chi connectivity index (χ4v) is 3.18. The number of halogens is 1. The Labute approximate surface area is 163 Å². The van der Waals surface area contributed by atoms with Gasteiger partial charge in [0.25, 0.3) is 0 Å². The SMILES string of the molecule is CC[C@@H](c1cccc(OC(=O)N(CCO)CCO)c1)[C@@H](C)CN(C)C.Cl. The van der Waals surface area contributed by atoms with Gasteiger partial charge in [-0.2, -0.15) is 0 Å². The van der Waals surface area contributed by atoms with Crippen molar-refractivity contribution in [2.75, 3.05) is 46.9 Å². The molecule has 0 saturated heterocycles. The van der Waals surface area contributed by atoms with E-state index in [0.717, 1.165) is 18.5 Å². The van der Waals surface area contributed by atoms with Crippen LogP contribution >= 0.6 is 12.4 Å². The second-order valence-corrected chi connectivity index (χ2v) is 6.63. The van der Waals surface area contributed by atoms with Crippen molar-refractivity contribution in [2.45, 2.75) is 26.2 Å². The van der Waals surface area contributed by atoms with Crippen molar-refractivity contribution in [3.8, 4) is 5.75 Å². The molecule has 0 aliphatic rings. The van der Waals surface area contributed by atoms with Crippen LogP contribution < -0.4 is 4.74 Å². The van der Waals surface area contributed by atoms with Crippen LogP contribution in [-0.4, -0.2) is 73.0 Å². The molecule has 2 N–H and O–H groups in total. The highest BCUT2D eigenvalue weighted by molar-refractivity contribution is 5.85. The van der Waals surface area contributed by atoms with Gasteiger partial charge in [-0.3, -0.25) is 0 Å². The topological polar surface area (TPSA) is 73.2 Å². The van der Waals surface area contributed by atoms with Crippen LogP contribution in [-0.2, 0) is 0 Å². The minimum Gasteiger partial charge on any atom is -0.410 e. The Hall–Kier alpha value is -1.34. The number of carbonyl (C=O) groups is 1. The summed E-state index contributed by atoms with van der Waals surface area (Å²) in [6, 6.07) is 7.62. The molecule has 0 unspecified atom stereocenters. The van der Waals surface area contributed by atoms with Crippen LogP contribution in [0.2, 0.25) is 0 Å². The van der Waals surface area contributed by atoms with Gasteiger partial charge in [0.15, 0.2) is 0 Å². The van der Waals surface area contributed by atoms with E-state index in [9.17, 15) is 4.79 Å². The molecule has 0 saturated carbocycles. The van der Waals surface area contributed by atoms with Gasteiger partial charge < -0.3 is 24.7 Å². The first-order valence-electron chi connectivity index (χ1n) is 8.86. The third-order valence-corrected chi connectivity index (χ3v) is 4.27. The number of aliphatic hydroxyl groups excluding tert-OH is 2. The number of nitrogens with zero attached hydrogens (tertiary/aromatic N) is 2. The molecule has 1 rings (SSSR count). The van der Waals surface area contributed by atoms with Crippen LogP contribution in [0.4, 0.5) is 4.79 Å². The first-order chi connectivity index (χ1) is 11.9. The summed E-state index contributed by atoms with van der Waals surface area (Å²) in [4.78, 5) is 15.7. The highest BCUT2D eigenvalue weighted by Gasteiger charge is 2.20. The minimum absolute atomic E-state index is 0.